The summed E-state index contributed by atoms with van der Waals surface area (Å²) >= 11 is 0. The summed E-state index contributed by atoms with van der Waals surface area (Å²) in [7, 11) is 1.66. The number of esters is 1. The van der Waals surface area contributed by atoms with E-state index in [1.807, 2.05) is 21.1 Å². The highest BCUT2D eigenvalue weighted by molar-refractivity contribution is 7.47. The van der Waals surface area contributed by atoms with E-state index in [2.05, 4.69) is 50.3 Å². The zero-order chi connectivity index (χ0) is 39.9. The van der Waals surface area contributed by atoms with E-state index >= 15 is 0 Å². The summed E-state index contributed by atoms with van der Waals surface area (Å²) in [5.41, 5.74) is 0. The SMILES string of the molecule is CCC/C=C\CCCCCCCC(=O)OC(COCCCCCCCCCCCC/C=C\C/C=C\CCCCCCC)COP(=O)(O)OCC[N+](C)(C)C. The van der Waals surface area contributed by atoms with Crippen LogP contribution in [0, 0.1) is 0 Å². The zero-order valence-electron chi connectivity index (χ0n) is 36.0. The summed E-state index contributed by atoms with van der Waals surface area (Å²) in [5, 5.41) is 0. The van der Waals surface area contributed by atoms with Gasteiger partial charge in [0.1, 0.15) is 19.3 Å². The standard InChI is InChI=1S/C45H86NO7P/c1-6-8-10-12-14-16-18-19-20-21-22-23-24-25-26-27-28-29-31-33-35-37-40-50-42-44(43-52-54(48,49)51-41-39-46(3,4)5)53-45(47)38-36-34-32-30-17-15-13-11-9-7-2/h11,13,18-19,21-22,44H,6-10,12,14-17,20,23-43H2,1-5H3/p+1/b13-11-,19-18-,22-21-. The Kier molecular flexibility index (Phi) is 37.7. The molecule has 0 heterocycles. The third-order valence-electron chi connectivity index (χ3n) is 9.40. The fourth-order valence-electron chi connectivity index (χ4n) is 5.94. The van der Waals surface area contributed by atoms with E-state index in [0.717, 1.165) is 57.8 Å². The first-order valence-electron chi connectivity index (χ1n) is 22.2. The van der Waals surface area contributed by atoms with Gasteiger partial charge < -0.3 is 18.9 Å². The molecule has 54 heavy (non-hydrogen) atoms. The van der Waals surface area contributed by atoms with Crippen LogP contribution in [0.3, 0.4) is 0 Å². The van der Waals surface area contributed by atoms with E-state index < -0.39 is 13.9 Å². The normalized spacial score (nSPS) is 14.1. The first-order valence-corrected chi connectivity index (χ1v) is 23.7. The lowest BCUT2D eigenvalue weighted by Crippen LogP contribution is -2.37. The van der Waals surface area contributed by atoms with Crippen LogP contribution in [0.4, 0.5) is 0 Å². The van der Waals surface area contributed by atoms with Gasteiger partial charge in [0, 0.05) is 13.0 Å². The average molecular weight is 785 g/mol. The number of phosphoric acid groups is 1. The summed E-state index contributed by atoms with van der Waals surface area (Å²) in [6.45, 7) is 5.54. The number of quaternary nitrogens is 1. The van der Waals surface area contributed by atoms with Gasteiger partial charge in [-0.25, -0.2) is 4.57 Å². The molecule has 0 spiro atoms. The molecule has 2 unspecified atom stereocenters. The van der Waals surface area contributed by atoms with Gasteiger partial charge in [-0.1, -0.05) is 153 Å². The van der Waals surface area contributed by atoms with Crippen LogP contribution in [0.25, 0.3) is 0 Å². The third kappa shape index (κ3) is 41.9. The van der Waals surface area contributed by atoms with Gasteiger partial charge in [0.15, 0.2) is 0 Å². The quantitative estimate of drug-likeness (QED) is 0.0217. The molecule has 0 aromatic rings. The predicted octanol–water partition coefficient (Wildman–Crippen LogP) is 13.0. The first-order chi connectivity index (χ1) is 26.1. The van der Waals surface area contributed by atoms with Gasteiger partial charge in [0.2, 0.25) is 0 Å². The molecule has 2 atom stereocenters. The smallest absolute Gasteiger partial charge is 0.457 e. The van der Waals surface area contributed by atoms with Gasteiger partial charge >= 0.3 is 13.8 Å². The van der Waals surface area contributed by atoms with E-state index in [4.69, 9.17) is 18.5 Å². The molecule has 0 aromatic carbocycles. The minimum Gasteiger partial charge on any atom is -0.457 e. The lowest BCUT2D eigenvalue weighted by molar-refractivity contribution is -0.870. The van der Waals surface area contributed by atoms with Crippen LogP contribution in [0.2, 0.25) is 0 Å². The third-order valence-corrected chi connectivity index (χ3v) is 10.4. The molecule has 0 saturated carbocycles. The second kappa shape index (κ2) is 38.6. The molecule has 0 aliphatic rings. The van der Waals surface area contributed by atoms with Crippen molar-refractivity contribution in [1.29, 1.82) is 0 Å². The van der Waals surface area contributed by atoms with E-state index in [1.54, 1.807) is 0 Å². The highest BCUT2D eigenvalue weighted by atomic mass is 31.2. The summed E-state index contributed by atoms with van der Waals surface area (Å²) in [5.74, 6) is -0.327. The number of hydrogen-bond acceptors (Lipinski definition) is 6. The summed E-state index contributed by atoms with van der Waals surface area (Å²) in [4.78, 5) is 22.8. The van der Waals surface area contributed by atoms with Crippen molar-refractivity contribution >= 4 is 13.8 Å². The number of rotatable bonds is 41. The van der Waals surface area contributed by atoms with Crippen molar-refractivity contribution in [1.82, 2.24) is 0 Å². The number of unbranched alkanes of at least 4 members (excludes halogenated alkanes) is 21. The molecule has 0 aliphatic carbocycles. The van der Waals surface area contributed by atoms with Gasteiger partial charge in [-0.15, -0.1) is 0 Å². The number of ether oxygens (including phenoxy) is 2. The van der Waals surface area contributed by atoms with Crippen molar-refractivity contribution in [2.45, 2.75) is 193 Å². The molecule has 0 fully saturated rings. The van der Waals surface area contributed by atoms with Crippen LogP contribution in [0.5, 0.6) is 0 Å². The molecule has 318 valence electrons. The van der Waals surface area contributed by atoms with Crippen molar-refractivity contribution in [2.24, 2.45) is 0 Å². The van der Waals surface area contributed by atoms with Gasteiger partial charge in [-0.2, -0.15) is 0 Å². The average Bonchev–Trinajstić information content (AvgIpc) is 3.12. The number of likely N-dealkylation sites (N-methyl/N-ethyl adjacent to an activating group) is 1. The number of nitrogens with zero attached hydrogens (tertiary/aromatic N) is 1. The van der Waals surface area contributed by atoms with Gasteiger partial charge in [-0.3, -0.25) is 13.8 Å². The zero-order valence-corrected chi connectivity index (χ0v) is 36.9. The molecule has 0 amide bonds. The van der Waals surface area contributed by atoms with Crippen molar-refractivity contribution < 1.29 is 37.3 Å². The molecule has 8 nitrogen and oxygen atoms in total. The second-order valence-corrected chi connectivity index (χ2v) is 17.5. The van der Waals surface area contributed by atoms with E-state index in [9.17, 15) is 14.3 Å². The van der Waals surface area contributed by atoms with E-state index in [-0.39, 0.29) is 25.8 Å². The van der Waals surface area contributed by atoms with Gasteiger partial charge in [0.05, 0.1) is 34.4 Å². The van der Waals surface area contributed by atoms with Crippen molar-refractivity contribution in [2.75, 3.05) is 54.1 Å². The van der Waals surface area contributed by atoms with E-state index in [0.29, 0.717) is 24.1 Å². The highest BCUT2D eigenvalue weighted by Crippen LogP contribution is 2.43. The predicted molar refractivity (Wildman–Crippen MR) is 229 cm³/mol. The number of carbonyl (C=O) groups excluding carboxylic acids is 1. The molecule has 0 bridgehead atoms. The molecule has 0 radical (unpaired) electrons. The molecule has 9 heteroatoms. The van der Waals surface area contributed by atoms with Crippen LogP contribution in [-0.2, 0) is 27.9 Å². The lowest BCUT2D eigenvalue weighted by atomic mass is 10.1. The monoisotopic (exact) mass is 785 g/mol. The van der Waals surface area contributed by atoms with Crippen LogP contribution in [0.15, 0.2) is 36.5 Å². The Balaban J connectivity index is 4.12. The fourth-order valence-corrected chi connectivity index (χ4v) is 6.68. The molecule has 0 aliphatic heterocycles. The number of phosphoric ester groups is 1. The Hall–Kier alpha value is -1.28. The van der Waals surface area contributed by atoms with Gasteiger partial charge in [-0.05, 0) is 64.2 Å². The minimum atomic E-state index is -4.27. The molecule has 0 saturated heterocycles. The van der Waals surface area contributed by atoms with Gasteiger partial charge in [0.25, 0.3) is 0 Å². The molecular formula is C45H87NO7P+. The second-order valence-electron chi connectivity index (χ2n) is 16.1. The molecule has 1 N–H and O–H groups in total. The van der Waals surface area contributed by atoms with Crippen molar-refractivity contribution in [3.05, 3.63) is 36.5 Å². The van der Waals surface area contributed by atoms with Crippen LogP contribution < -0.4 is 0 Å². The largest absolute Gasteiger partial charge is 0.472 e. The van der Waals surface area contributed by atoms with Crippen molar-refractivity contribution in [3.63, 3.8) is 0 Å². The number of allylic oxidation sites excluding steroid dienone is 6. The molecule has 0 aromatic heterocycles. The Morgan fingerprint density at radius 2 is 1.06 bits per heavy atom. The number of hydrogen-bond donors (Lipinski definition) is 1. The molecule has 0 rings (SSSR count). The maximum absolute atomic E-state index is 12.6. The van der Waals surface area contributed by atoms with Crippen LogP contribution in [-0.4, -0.2) is 75.6 Å². The summed E-state index contributed by atoms with van der Waals surface area (Å²) in [6.07, 6.45) is 44.7. The lowest BCUT2D eigenvalue weighted by Gasteiger charge is -2.24. The summed E-state index contributed by atoms with van der Waals surface area (Å²) in [6, 6.07) is 0. The maximum atomic E-state index is 12.6. The van der Waals surface area contributed by atoms with Crippen LogP contribution >= 0.6 is 7.82 Å². The van der Waals surface area contributed by atoms with Crippen molar-refractivity contribution in [3.8, 4) is 0 Å². The van der Waals surface area contributed by atoms with Crippen LogP contribution in [0.1, 0.15) is 187 Å². The topological polar surface area (TPSA) is 91.3 Å². The minimum absolute atomic E-state index is 0.0862. The Morgan fingerprint density at radius 3 is 1.59 bits per heavy atom. The van der Waals surface area contributed by atoms with E-state index in [1.165, 1.54) is 109 Å². The summed E-state index contributed by atoms with van der Waals surface area (Å²) < 4.78 is 34.9. The number of carbonyl (C=O) groups is 1. The highest BCUT2D eigenvalue weighted by Gasteiger charge is 2.26. The fraction of sp³-hybridized carbons (Fsp3) is 0.844. The first kappa shape index (κ1) is 52.7. The Labute approximate surface area is 334 Å². The molecular weight excluding hydrogens is 697 g/mol. The maximum Gasteiger partial charge on any atom is 0.472 e. The Bertz CT molecular complexity index is 962. The Morgan fingerprint density at radius 1 is 0.574 bits per heavy atom.